The number of methoxy groups -OCH3 is 1. The molecule has 0 atom stereocenters. The molecule has 0 aliphatic rings. The molecule has 0 heterocycles. The van der Waals surface area contributed by atoms with E-state index in [-0.39, 0.29) is 30.2 Å². The molecule has 0 bridgehead atoms. The summed E-state index contributed by atoms with van der Waals surface area (Å²) in [7, 11) is 1.52. The Hall–Kier alpha value is -1.92. The Bertz CT molecular complexity index is 446. The van der Waals surface area contributed by atoms with Crippen LogP contribution in [0.25, 0.3) is 0 Å². The number of carbonyl (C=O) groups excluding carboxylic acids is 1. The van der Waals surface area contributed by atoms with Gasteiger partial charge in [-0.2, -0.15) is 0 Å². The Morgan fingerprint density at radius 1 is 1.26 bits per heavy atom. The predicted octanol–water partition coefficient (Wildman–Crippen LogP) is 0.466. The minimum atomic E-state index is -1.08. The number of carboxylic acid groups (broad SMARTS) is 1. The number of aliphatic hydroxyl groups is 1. The van der Waals surface area contributed by atoms with E-state index in [1.54, 1.807) is 6.07 Å². The molecule has 1 aromatic rings. The van der Waals surface area contributed by atoms with Crippen molar-refractivity contribution in [3.8, 4) is 0 Å². The van der Waals surface area contributed by atoms with E-state index in [1.165, 1.54) is 30.2 Å². The highest BCUT2D eigenvalue weighted by atomic mass is 16.5. The fourth-order valence-electron chi connectivity index (χ4n) is 1.60. The number of aliphatic hydroxyl groups excluding tert-OH is 1. The Balaban J connectivity index is 2.88. The molecule has 1 rings (SSSR count). The number of carboxylic acids is 1. The van der Waals surface area contributed by atoms with Crippen molar-refractivity contribution < 1.29 is 24.5 Å². The molecule has 0 aromatic heterocycles. The highest BCUT2D eigenvalue weighted by molar-refractivity contribution is 5.97. The van der Waals surface area contributed by atoms with Crippen molar-refractivity contribution in [1.82, 2.24) is 4.90 Å². The Morgan fingerprint density at radius 3 is 2.53 bits per heavy atom. The first-order chi connectivity index (χ1) is 9.10. The van der Waals surface area contributed by atoms with Crippen LogP contribution in [0.3, 0.4) is 0 Å². The van der Waals surface area contributed by atoms with Crippen LogP contribution < -0.4 is 0 Å². The van der Waals surface area contributed by atoms with E-state index >= 15 is 0 Å². The quantitative estimate of drug-likeness (QED) is 0.749. The zero-order valence-electron chi connectivity index (χ0n) is 10.7. The fourth-order valence-corrected chi connectivity index (χ4v) is 1.60. The molecule has 0 radical (unpaired) electrons. The van der Waals surface area contributed by atoms with Crippen LogP contribution in [0.4, 0.5) is 0 Å². The number of aromatic carboxylic acids is 1. The maximum atomic E-state index is 12.2. The second kappa shape index (κ2) is 7.50. The average Bonchev–Trinajstić information content (AvgIpc) is 2.42. The van der Waals surface area contributed by atoms with Crippen molar-refractivity contribution in [2.24, 2.45) is 0 Å². The van der Waals surface area contributed by atoms with Gasteiger partial charge in [0, 0.05) is 25.8 Å². The molecule has 2 N–H and O–H groups in total. The number of hydrogen-bond acceptors (Lipinski definition) is 4. The van der Waals surface area contributed by atoms with Crippen LogP contribution in [0, 0.1) is 0 Å². The molecule has 6 heteroatoms. The summed E-state index contributed by atoms with van der Waals surface area (Å²) in [5.41, 5.74) is 0.339. The summed E-state index contributed by atoms with van der Waals surface area (Å²) in [4.78, 5) is 24.5. The van der Waals surface area contributed by atoms with Gasteiger partial charge in [-0.3, -0.25) is 4.79 Å². The van der Waals surface area contributed by atoms with Crippen LogP contribution in [0.15, 0.2) is 24.3 Å². The molecule has 6 nitrogen and oxygen atoms in total. The van der Waals surface area contributed by atoms with E-state index in [9.17, 15) is 9.59 Å². The van der Waals surface area contributed by atoms with Crippen molar-refractivity contribution >= 4 is 11.9 Å². The van der Waals surface area contributed by atoms with Gasteiger partial charge in [0.15, 0.2) is 0 Å². The first kappa shape index (κ1) is 15.1. The van der Waals surface area contributed by atoms with Gasteiger partial charge in [0.2, 0.25) is 0 Å². The second-order valence-electron chi connectivity index (χ2n) is 3.89. The molecule has 0 aliphatic heterocycles. The lowest BCUT2D eigenvalue weighted by Gasteiger charge is -2.21. The number of nitrogens with zero attached hydrogens (tertiary/aromatic N) is 1. The lowest BCUT2D eigenvalue weighted by molar-refractivity contribution is 0.0656. The molecule has 1 aromatic carbocycles. The van der Waals surface area contributed by atoms with E-state index in [2.05, 4.69) is 0 Å². The molecular weight excluding hydrogens is 250 g/mol. The molecular formula is C13H17NO5. The molecule has 0 fully saturated rings. The number of hydrogen-bond donors (Lipinski definition) is 2. The molecule has 0 saturated carbocycles. The largest absolute Gasteiger partial charge is 0.478 e. The van der Waals surface area contributed by atoms with Gasteiger partial charge in [-0.25, -0.2) is 4.79 Å². The Morgan fingerprint density at radius 2 is 1.95 bits per heavy atom. The summed E-state index contributed by atoms with van der Waals surface area (Å²) in [6.07, 6.45) is 0. The van der Waals surface area contributed by atoms with Crippen molar-refractivity contribution in [2.75, 3.05) is 33.4 Å². The molecule has 1 amide bonds. The van der Waals surface area contributed by atoms with E-state index in [4.69, 9.17) is 14.9 Å². The van der Waals surface area contributed by atoms with Gasteiger partial charge in [-0.1, -0.05) is 6.07 Å². The third kappa shape index (κ3) is 4.35. The molecule has 0 aliphatic carbocycles. The van der Waals surface area contributed by atoms with Crippen LogP contribution in [-0.2, 0) is 4.74 Å². The van der Waals surface area contributed by atoms with Gasteiger partial charge in [-0.05, 0) is 18.2 Å². The number of benzene rings is 1. The highest BCUT2D eigenvalue weighted by Gasteiger charge is 2.16. The fraction of sp³-hybridized carbons (Fsp3) is 0.385. The SMILES string of the molecule is COCCN(CCO)C(=O)c1cccc(C(=O)O)c1. The van der Waals surface area contributed by atoms with Gasteiger partial charge in [-0.15, -0.1) is 0 Å². The molecule has 104 valence electrons. The zero-order chi connectivity index (χ0) is 14.3. The molecule has 19 heavy (non-hydrogen) atoms. The summed E-state index contributed by atoms with van der Waals surface area (Å²) >= 11 is 0. The summed E-state index contributed by atoms with van der Waals surface area (Å²) in [5, 5.41) is 17.8. The van der Waals surface area contributed by atoms with Crippen LogP contribution in [-0.4, -0.2) is 60.4 Å². The Labute approximate surface area is 111 Å². The van der Waals surface area contributed by atoms with Crippen molar-refractivity contribution in [3.63, 3.8) is 0 Å². The van der Waals surface area contributed by atoms with Crippen molar-refractivity contribution in [2.45, 2.75) is 0 Å². The number of rotatable bonds is 7. The first-order valence-electron chi connectivity index (χ1n) is 5.82. The Kier molecular flexibility index (Phi) is 5.98. The standard InChI is InChI=1S/C13H17NO5/c1-19-8-6-14(5-7-15)12(16)10-3-2-4-11(9-10)13(17)18/h2-4,9,15H,5-8H2,1H3,(H,17,18). The third-order valence-corrected chi connectivity index (χ3v) is 2.58. The summed E-state index contributed by atoms with van der Waals surface area (Å²) in [6, 6.07) is 5.81. The van der Waals surface area contributed by atoms with Crippen molar-refractivity contribution in [3.05, 3.63) is 35.4 Å². The third-order valence-electron chi connectivity index (χ3n) is 2.58. The van der Waals surface area contributed by atoms with Gasteiger partial charge < -0.3 is 19.8 Å². The van der Waals surface area contributed by atoms with E-state index in [1.807, 2.05) is 0 Å². The zero-order valence-corrected chi connectivity index (χ0v) is 10.7. The topological polar surface area (TPSA) is 87.1 Å². The van der Waals surface area contributed by atoms with Crippen LogP contribution in [0.2, 0.25) is 0 Å². The lowest BCUT2D eigenvalue weighted by atomic mass is 10.1. The van der Waals surface area contributed by atoms with E-state index in [0.717, 1.165) is 0 Å². The summed E-state index contributed by atoms with van der Waals surface area (Å²) in [6.45, 7) is 0.713. The maximum absolute atomic E-state index is 12.2. The van der Waals surface area contributed by atoms with E-state index < -0.39 is 5.97 Å². The van der Waals surface area contributed by atoms with Crippen LogP contribution in [0.5, 0.6) is 0 Å². The maximum Gasteiger partial charge on any atom is 0.335 e. The van der Waals surface area contributed by atoms with Crippen LogP contribution in [0.1, 0.15) is 20.7 Å². The first-order valence-corrected chi connectivity index (χ1v) is 5.82. The van der Waals surface area contributed by atoms with Gasteiger partial charge in [0.05, 0.1) is 18.8 Å². The normalized spacial score (nSPS) is 10.2. The number of amides is 1. The van der Waals surface area contributed by atoms with Crippen LogP contribution >= 0.6 is 0 Å². The summed E-state index contributed by atoms with van der Waals surface area (Å²) < 4.78 is 4.90. The average molecular weight is 267 g/mol. The number of ether oxygens (including phenoxy) is 1. The van der Waals surface area contributed by atoms with Gasteiger partial charge >= 0.3 is 5.97 Å². The lowest BCUT2D eigenvalue weighted by Crippen LogP contribution is -2.36. The van der Waals surface area contributed by atoms with Crippen molar-refractivity contribution in [1.29, 1.82) is 0 Å². The minimum Gasteiger partial charge on any atom is -0.478 e. The predicted molar refractivity (Wildman–Crippen MR) is 68.3 cm³/mol. The minimum absolute atomic E-state index is 0.0570. The molecule has 0 unspecified atom stereocenters. The van der Waals surface area contributed by atoms with E-state index in [0.29, 0.717) is 13.2 Å². The highest BCUT2D eigenvalue weighted by Crippen LogP contribution is 2.09. The monoisotopic (exact) mass is 267 g/mol. The summed E-state index contributed by atoms with van der Waals surface area (Å²) in [5.74, 6) is -1.41. The molecule has 0 spiro atoms. The number of carbonyl (C=O) groups is 2. The van der Waals surface area contributed by atoms with Gasteiger partial charge in [0.25, 0.3) is 5.91 Å². The second-order valence-corrected chi connectivity index (χ2v) is 3.89. The smallest absolute Gasteiger partial charge is 0.335 e. The molecule has 0 saturated heterocycles. The van der Waals surface area contributed by atoms with Gasteiger partial charge in [0.1, 0.15) is 0 Å².